The van der Waals surface area contributed by atoms with E-state index < -0.39 is 17.9 Å². The highest BCUT2D eigenvalue weighted by Crippen LogP contribution is 2.33. The third-order valence-electron chi connectivity index (χ3n) is 8.90. The maximum absolute atomic E-state index is 14.2. The number of aryl methyl sites for hydroxylation is 1. The summed E-state index contributed by atoms with van der Waals surface area (Å²) in [5, 5.41) is 12.5. The van der Waals surface area contributed by atoms with E-state index in [1.807, 2.05) is 91.7 Å². The predicted molar refractivity (Wildman–Crippen MR) is 193 cm³/mol. The Bertz CT molecular complexity index is 1440. The number of hydrogen-bond acceptors (Lipinski definition) is 5. The van der Waals surface area contributed by atoms with E-state index in [1.54, 1.807) is 17.8 Å². The normalized spacial score (nSPS) is 14.8. The molecule has 0 aliphatic heterocycles. The number of carbonyl (C=O) groups is 3. The van der Waals surface area contributed by atoms with Crippen LogP contribution in [0.2, 0.25) is 0 Å². The molecule has 0 bridgehead atoms. The van der Waals surface area contributed by atoms with Gasteiger partial charge in [0.05, 0.1) is 0 Å². The summed E-state index contributed by atoms with van der Waals surface area (Å²) in [7, 11) is 0. The quantitative estimate of drug-likeness (QED) is 0.161. The summed E-state index contributed by atoms with van der Waals surface area (Å²) in [6.45, 7) is 4.59. The summed E-state index contributed by atoms with van der Waals surface area (Å²) in [5.41, 5.74) is 4.70. The average molecular weight is 661 g/mol. The highest BCUT2D eigenvalue weighted by Gasteiger charge is 2.29. The first-order valence-electron chi connectivity index (χ1n) is 16.5. The highest BCUT2D eigenvalue weighted by molar-refractivity contribution is 7.99. The smallest absolute Gasteiger partial charge is 0.326 e. The molecule has 6 nitrogen and oxygen atoms in total. The van der Waals surface area contributed by atoms with Crippen molar-refractivity contribution < 1.29 is 19.5 Å². The van der Waals surface area contributed by atoms with Gasteiger partial charge in [0.15, 0.2) is 0 Å². The van der Waals surface area contributed by atoms with Gasteiger partial charge >= 0.3 is 5.97 Å². The number of hydrogen-bond donors (Lipinski definition) is 2. The molecule has 0 heterocycles. The van der Waals surface area contributed by atoms with Gasteiger partial charge in [0.25, 0.3) is 11.8 Å². The largest absolute Gasteiger partial charge is 0.480 e. The van der Waals surface area contributed by atoms with E-state index in [9.17, 15) is 19.5 Å². The van der Waals surface area contributed by atoms with Gasteiger partial charge in [-0.2, -0.15) is 23.5 Å². The van der Waals surface area contributed by atoms with E-state index in [2.05, 4.69) is 17.1 Å². The number of carboxylic acid groups (broad SMARTS) is 1. The van der Waals surface area contributed by atoms with E-state index in [0.29, 0.717) is 35.8 Å². The van der Waals surface area contributed by atoms with Crippen molar-refractivity contribution in [1.29, 1.82) is 0 Å². The van der Waals surface area contributed by atoms with Crippen LogP contribution in [0.4, 0.5) is 0 Å². The standard InChI is InChI=1S/C38H48N2O4S2/c1-4-46-26-31(23-28-14-7-5-8-15-28)40(37(42)30-16-9-6-10-17-30)25-29-19-20-33(34(24-29)32-18-12-11-13-27(32)2)36(41)39-35(38(43)44)21-22-45-3/h6,9-13,16-20,24,28,31,35H,4-5,7-8,14-15,21-23,25-26H2,1-3H3,(H,39,41)(H,43,44). The van der Waals surface area contributed by atoms with Crippen molar-refractivity contribution in [3.05, 3.63) is 95.1 Å². The summed E-state index contributed by atoms with van der Waals surface area (Å²) in [6, 6.07) is 22.3. The number of rotatable bonds is 16. The molecule has 3 aromatic rings. The van der Waals surface area contributed by atoms with Gasteiger partial charge in [-0.15, -0.1) is 0 Å². The van der Waals surface area contributed by atoms with E-state index in [4.69, 9.17) is 0 Å². The van der Waals surface area contributed by atoms with Crippen LogP contribution in [0.5, 0.6) is 0 Å². The van der Waals surface area contributed by atoms with Crippen molar-refractivity contribution in [2.45, 2.75) is 77.4 Å². The Morgan fingerprint density at radius 3 is 2.35 bits per heavy atom. The number of nitrogens with one attached hydrogen (secondary N) is 1. The van der Waals surface area contributed by atoms with Crippen molar-refractivity contribution in [2.75, 3.05) is 23.5 Å². The molecule has 2 unspecified atom stereocenters. The molecule has 1 fully saturated rings. The summed E-state index contributed by atoms with van der Waals surface area (Å²) in [4.78, 5) is 41.9. The Morgan fingerprint density at radius 1 is 0.957 bits per heavy atom. The van der Waals surface area contributed by atoms with E-state index in [0.717, 1.165) is 40.2 Å². The van der Waals surface area contributed by atoms with Crippen LogP contribution < -0.4 is 5.32 Å². The van der Waals surface area contributed by atoms with Crippen molar-refractivity contribution in [3.63, 3.8) is 0 Å². The van der Waals surface area contributed by atoms with Crippen molar-refractivity contribution in [3.8, 4) is 11.1 Å². The van der Waals surface area contributed by atoms with Crippen LogP contribution in [0, 0.1) is 12.8 Å². The summed E-state index contributed by atoms with van der Waals surface area (Å²) in [6.07, 6.45) is 9.50. The summed E-state index contributed by atoms with van der Waals surface area (Å²) in [5.74, 6) is 1.68. The van der Waals surface area contributed by atoms with E-state index in [1.165, 1.54) is 32.1 Å². The molecule has 4 rings (SSSR count). The maximum atomic E-state index is 14.2. The Labute approximate surface area is 283 Å². The van der Waals surface area contributed by atoms with Gasteiger partial charge in [-0.3, -0.25) is 9.59 Å². The second-order valence-electron chi connectivity index (χ2n) is 12.2. The zero-order valence-electron chi connectivity index (χ0n) is 27.4. The molecule has 246 valence electrons. The lowest BCUT2D eigenvalue weighted by Crippen LogP contribution is -2.43. The minimum absolute atomic E-state index is 0.0236. The van der Waals surface area contributed by atoms with Crippen LogP contribution >= 0.6 is 23.5 Å². The van der Waals surface area contributed by atoms with Crippen LogP contribution in [-0.2, 0) is 11.3 Å². The van der Waals surface area contributed by atoms with Crippen LogP contribution in [0.25, 0.3) is 11.1 Å². The molecule has 2 N–H and O–H groups in total. The average Bonchev–Trinajstić information content (AvgIpc) is 3.08. The predicted octanol–water partition coefficient (Wildman–Crippen LogP) is 8.33. The molecule has 3 aromatic carbocycles. The molecule has 2 amide bonds. The molecule has 1 aliphatic rings. The molecular formula is C38H48N2O4S2. The number of thioether (sulfide) groups is 2. The molecule has 0 saturated heterocycles. The van der Waals surface area contributed by atoms with Crippen LogP contribution in [0.3, 0.4) is 0 Å². The van der Waals surface area contributed by atoms with Crippen LogP contribution in [0.1, 0.15) is 83.7 Å². The van der Waals surface area contributed by atoms with Gasteiger partial charge in [0.2, 0.25) is 0 Å². The van der Waals surface area contributed by atoms with Crippen molar-refractivity contribution >= 4 is 41.3 Å². The summed E-state index contributed by atoms with van der Waals surface area (Å²) >= 11 is 3.43. The molecule has 1 saturated carbocycles. The van der Waals surface area contributed by atoms with Crippen molar-refractivity contribution in [1.82, 2.24) is 10.2 Å². The first kappa shape index (κ1) is 35.6. The Hall–Kier alpha value is -3.23. The first-order chi connectivity index (χ1) is 22.3. The zero-order chi connectivity index (χ0) is 32.9. The molecule has 0 radical (unpaired) electrons. The van der Waals surface area contributed by atoms with Crippen molar-refractivity contribution in [2.24, 2.45) is 5.92 Å². The van der Waals surface area contributed by atoms with E-state index in [-0.39, 0.29) is 11.9 Å². The lowest BCUT2D eigenvalue weighted by Gasteiger charge is -2.35. The van der Waals surface area contributed by atoms with Gasteiger partial charge in [0, 0.05) is 29.5 Å². The Kier molecular flexibility index (Phi) is 14.1. The zero-order valence-corrected chi connectivity index (χ0v) is 29.0. The first-order valence-corrected chi connectivity index (χ1v) is 19.0. The molecule has 0 spiro atoms. The minimum Gasteiger partial charge on any atom is -0.480 e. The molecule has 1 aliphatic carbocycles. The Morgan fingerprint density at radius 2 is 1.67 bits per heavy atom. The fraction of sp³-hybridized carbons (Fsp3) is 0.447. The molecule has 0 aromatic heterocycles. The Balaban J connectivity index is 1.73. The topological polar surface area (TPSA) is 86.7 Å². The minimum atomic E-state index is -1.04. The summed E-state index contributed by atoms with van der Waals surface area (Å²) < 4.78 is 0. The van der Waals surface area contributed by atoms with Gasteiger partial charge in [-0.1, -0.05) is 87.6 Å². The number of benzene rings is 3. The number of carboxylic acids is 1. The lowest BCUT2D eigenvalue weighted by molar-refractivity contribution is -0.139. The number of carbonyl (C=O) groups excluding carboxylic acids is 2. The highest BCUT2D eigenvalue weighted by atomic mass is 32.2. The molecule has 2 atom stereocenters. The second kappa shape index (κ2) is 18.2. The van der Waals surface area contributed by atoms with Crippen LogP contribution in [-0.4, -0.2) is 63.4 Å². The van der Waals surface area contributed by atoms with Gasteiger partial charge < -0.3 is 15.3 Å². The van der Waals surface area contributed by atoms with E-state index >= 15 is 0 Å². The molecular weight excluding hydrogens is 613 g/mol. The SMILES string of the molecule is CCSCC(CC1CCCCC1)N(Cc1ccc(C(=O)NC(CCSC)C(=O)O)c(-c2ccccc2C)c1)C(=O)c1ccccc1. The third kappa shape index (κ3) is 9.88. The van der Waals surface area contributed by atoms with Gasteiger partial charge in [-0.25, -0.2) is 4.79 Å². The fourth-order valence-corrected chi connectivity index (χ4v) is 7.67. The van der Waals surface area contributed by atoms with Gasteiger partial charge in [-0.05, 0) is 90.0 Å². The lowest BCUT2D eigenvalue weighted by atomic mass is 9.84. The third-order valence-corrected chi connectivity index (χ3v) is 10.6. The number of amides is 2. The number of aliphatic carboxylic acids is 1. The van der Waals surface area contributed by atoms with Gasteiger partial charge in [0.1, 0.15) is 6.04 Å². The molecule has 8 heteroatoms. The monoisotopic (exact) mass is 660 g/mol. The fourth-order valence-electron chi connectivity index (χ4n) is 6.37. The molecule has 46 heavy (non-hydrogen) atoms. The second-order valence-corrected chi connectivity index (χ2v) is 14.5. The maximum Gasteiger partial charge on any atom is 0.326 e. The van der Waals surface area contributed by atoms with Crippen LogP contribution in [0.15, 0.2) is 72.8 Å². The number of nitrogens with zero attached hydrogens (tertiary/aromatic N) is 1.